The number of benzene rings is 1. The summed E-state index contributed by atoms with van der Waals surface area (Å²) in [5.74, 6) is -0.731. The lowest BCUT2D eigenvalue weighted by atomic mass is 10.3. The van der Waals surface area contributed by atoms with Crippen molar-refractivity contribution < 1.29 is 13.5 Å². The van der Waals surface area contributed by atoms with E-state index in [1.165, 1.54) is 6.07 Å². The molecule has 0 atom stereocenters. The molecule has 0 spiro atoms. The van der Waals surface area contributed by atoms with Crippen molar-refractivity contribution in [2.75, 3.05) is 0 Å². The van der Waals surface area contributed by atoms with Gasteiger partial charge in [0.1, 0.15) is 11.6 Å². The van der Waals surface area contributed by atoms with Gasteiger partial charge in [-0.1, -0.05) is 19.6 Å². The van der Waals surface area contributed by atoms with Crippen molar-refractivity contribution in [2.45, 2.75) is 13.3 Å². The first-order valence-corrected chi connectivity index (χ1v) is 4.62. The minimum absolute atomic E-state index is 0.0198. The lowest BCUT2D eigenvalue weighted by Crippen LogP contribution is -1.96. The predicted octanol–water partition coefficient (Wildman–Crippen LogP) is 3.82. The largest absolute Gasteiger partial charge is 0.459 e. The van der Waals surface area contributed by atoms with Gasteiger partial charge in [-0.2, -0.15) is 0 Å². The molecule has 0 N–H and O–H groups in total. The van der Waals surface area contributed by atoms with E-state index in [0.29, 0.717) is 12.2 Å². The van der Waals surface area contributed by atoms with Gasteiger partial charge in [0.15, 0.2) is 11.6 Å². The van der Waals surface area contributed by atoms with Crippen molar-refractivity contribution in [3.8, 4) is 5.75 Å². The molecule has 0 radical (unpaired) electrons. The highest BCUT2D eigenvalue weighted by Crippen LogP contribution is 2.20. The summed E-state index contributed by atoms with van der Waals surface area (Å²) in [6.07, 6.45) is 3.81. The molecule has 0 saturated heterocycles. The zero-order valence-corrected chi connectivity index (χ0v) is 8.47. The summed E-state index contributed by atoms with van der Waals surface area (Å²) in [5.41, 5.74) is 0. The molecule has 0 bridgehead atoms. The van der Waals surface area contributed by atoms with Crippen LogP contribution in [0.3, 0.4) is 0 Å². The van der Waals surface area contributed by atoms with Crippen molar-refractivity contribution in [3.05, 3.63) is 54.3 Å². The van der Waals surface area contributed by atoms with E-state index in [1.54, 1.807) is 12.2 Å². The molecular weight excluding hydrogens is 198 g/mol. The van der Waals surface area contributed by atoms with Crippen LogP contribution in [0.15, 0.2) is 42.7 Å². The smallest absolute Gasteiger partial charge is 0.168 e. The molecule has 1 rings (SSSR count). The molecule has 1 nitrogen and oxygen atoms in total. The highest BCUT2D eigenvalue weighted by Gasteiger charge is 2.06. The summed E-state index contributed by atoms with van der Waals surface area (Å²) < 4.78 is 31.0. The molecular formula is C12H12F2O. The number of rotatable bonds is 4. The molecule has 0 saturated carbocycles. The molecule has 0 heterocycles. The Morgan fingerprint density at radius 3 is 2.73 bits per heavy atom. The van der Waals surface area contributed by atoms with Crippen LogP contribution in [0.2, 0.25) is 0 Å². The van der Waals surface area contributed by atoms with Gasteiger partial charge in [0.25, 0.3) is 0 Å². The second-order valence-corrected chi connectivity index (χ2v) is 2.90. The monoisotopic (exact) mass is 210 g/mol. The van der Waals surface area contributed by atoms with Crippen molar-refractivity contribution in [3.63, 3.8) is 0 Å². The first kappa shape index (κ1) is 11.4. The summed E-state index contributed by atoms with van der Waals surface area (Å²) in [6.45, 7) is 5.39. The molecule has 0 aliphatic heterocycles. The average Bonchev–Trinajstić information content (AvgIpc) is 2.21. The number of hydrogen-bond acceptors (Lipinski definition) is 1. The van der Waals surface area contributed by atoms with E-state index in [0.717, 1.165) is 12.1 Å². The average molecular weight is 210 g/mol. The van der Waals surface area contributed by atoms with Crippen molar-refractivity contribution in [1.82, 2.24) is 0 Å². The van der Waals surface area contributed by atoms with Crippen LogP contribution in [0.4, 0.5) is 8.78 Å². The Morgan fingerprint density at radius 2 is 2.20 bits per heavy atom. The minimum Gasteiger partial charge on any atom is -0.459 e. The van der Waals surface area contributed by atoms with E-state index in [1.807, 2.05) is 6.92 Å². The third-order valence-corrected chi connectivity index (χ3v) is 1.79. The van der Waals surface area contributed by atoms with Gasteiger partial charge in [-0.25, -0.2) is 8.78 Å². The predicted molar refractivity (Wildman–Crippen MR) is 55.6 cm³/mol. The third-order valence-electron chi connectivity index (χ3n) is 1.79. The number of hydrogen-bond donors (Lipinski definition) is 0. The second-order valence-electron chi connectivity index (χ2n) is 2.90. The Bertz CT molecular complexity index is 383. The van der Waals surface area contributed by atoms with Gasteiger partial charge in [-0.3, -0.25) is 0 Å². The van der Waals surface area contributed by atoms with E-state index in [4.69, 9.17) is 4.74 Å². The molecule has 0 fully saturated rings. The van der Waals surface area contributed by atoms with E-state index >= 15 is 0 Å². The van der Waals surface area contributed by atoms with E-state index in [9.17, 15) is 8.78 Å². The van der Waals surface area contributed by atoms with E-state index in [2.05, 4.69) is 6.58 Å². The van der Waals surface area contributed by atoms with Crippen molar-refractivity contribution >= 4 is 0 Å². The summed E-state index contributed by atoms with van der Waals surface area (Å²) in [4.78, 5) is 0. The summed E-state index contributed by atoms with van der Waals surface area (Å²) in [6, 6.07) is 3.20. The van der Waals surface area contributed by atoms with Gasteiger partial charge < -0.3 is 4.74 Å². The van der Waals surface area contributed by atoms with Crippen LogP contribution in [0, 0.1) is 11.6 Å². The number of halogens is 2. The summed E-state index contributed by atoms with van der Waals surface area (Å²) in [5, 5.41) is 0. The van der Waals surface area contributed by atoms with Crippen LogP contribution >= 0.6 is 0 Å². The van der Waals surface area contributed by atoms with Crippen LogP contribution in [-0.4, -0.2) is 0 Å². The van der Waals surface area contributed by atoms with E-state index in [-0.39, 0.29) is 5.75 Å². The Kier molecular flexibility index (Phi) is 4.03. The highest BCUT2D eigenvalue weighted by atomic mass is 19.1. The molecule has 1 aromatic rings. The Labute approximate surface area is 87.7 Å². The Balaban J connectivity index is 2.88. The van der Waals surface area contributed by atoms with Crippen LogP contribution in [-0.2, 0) is 0 Å². The second kappa shape index (κ2) is 5.29. The normalized spacial score (nSPS) is 11.3. The highest BCUT2D eigenvalue weighted by molar-refractivity contribution is 5.27. The van der Waals surface area contributed by atoms with Crippen molar-refractivity contribution in [1.29, 1.82) is 0 Å². The molecule has 0 unspecified atom stereocenters. The van der Waals surface area contributed by atoms with Gasteiger partial charge in [0.2, 0.25) is 0 Å². The quantitative estimate of drug-likeness (QED) is 0.542. The van der Waals surface area contributed by atoms with Gasteiger partial charge in [0, 0.05) is 12.5 Å². The minimum atomic E-state index is -0.710. The van der Waals surface area contributed by atoms with Gasteiger partial charge >= 0.3 is 0 Å². The van der Waals surface area contributed by atoms with Crippen LogP contribution in [0.25, 0.3) is 0 Å². The summed E-state index contributed by atoms with van der Waals surface area (Å²) in [7, 11) is 0. The lowest BCUT2D eigenvalue weighted by molar-refractivity contribution is 0.381. The molecule has 0 aromatic heterocycles. The van der Waals surface area contributed by atoms with Crippen LogP contribution < -0.4 is 4.74 Å². The zero-order chi connectivity index (χ0) is 11.3. The molecule has 0 aliphatic carbocycles. The Morgan fingerprint density at radius 1 is 1.47 bits per heavy atom. The third kappa shape index (κ3) is 3.20. The molecule has 3 heteroatoms. The van der Waals surface area contributed by atoms with E-state index < -0.39 is 11.6 Å². The summed E-state index contributed by atoms with van der Waals surface area (Å²) >= 11 is 0. The van der Waals surface area contributed by atoms with Gasteiger partial charge in [-0.15, -0.1) is 0 Å². The topological polar surface area (TPSA) is 9.23 Å². The maximum atomic E-state index is 13.2. The fraction of sp³-hybridized carbons (Fsp3) is 0.167. The molecule has 1 aromatic carbocycles. The fourth-order valence-electron chi connectivity index (χ4n) is 1.05. The Hall–Kier alpha value is -1.64. The maximum absolute atomic E-state index is 13.2. The molecule has 80 valence electrons. The number of ether oxygens (including phenoxy) is 1. The maximum Gasteiger partial charge on any atom is 0.168 e. The SMILES string of the molecule is C=C/C=C(\CC)Oc1ccc(F)cc1F. The van der Waals surface area contributed by atoms with Crippen molar-refractivity contribution in [2.24, 2.45) is 0 Å². The van der Waals surface area contributed by atoms with Gasteiger partial charge in [-0.05, 0) is 18.2 Å². The standard InChI is InChI=1S/C12H12F2O/c1-3-5-10(4-2)15-12-7-6-9(13)8-11(12)14/h3,5-8H,1,4H2,2H3/b10-5+. The lowest BCUT2D eigenvalue weighted by Gasteiger charge is -2.08. The zero-order valence-electron chi connectivity index (χ0n) is 8.47. The first-order valence-electron chi connectivity index (χ1n) is 4.62. The first-order chi connectivity index (χ1) is 7.17. The van der Waals surface area contributed by atoms with Gasteiger partial charge in [0.05, 0.1) is 0 Å². The molecule has 0 amide bonds. The van der Waals surface area contributed by atoms with Crippen LogP contribution in [0.5, 0.6) is 5.75 Å². The van der Waals surface area contributed by atoms with Crippen LogP contribution in [0.1, 0.15) is 13.3 Å². The number of allylic oxidation sites excluding steroid dienone is 3. The molecule has 0 aliphatic rings. The fourth-order valence-corrected chi connectivity index (χ4v) is 1.05. The molecule has 15 heavy (non-hydrogen) atoms.